The summed E-state index contributed by atoms with van der Waals surface area (Å²) >= 11 is 0. The van der Waals surface area contributed by atoms with Crippen molar-refractivity contribution in [2.45, 2.75) is 19.8 Å². The summed E-state index contributed by atoms with van der Waals surface area (Å²) in [6, 6.07) is 9.82. The minimum Gasteiger partial charge on any atom is -0.382 e. The fourth-order valence-corrected chi connectivity index (χ4v) is 1.70. The maximum atomic E-state index is 5.90. The van der Waals surface area contributed by atoms with Crippen LogP contribution in [0.15, 0.2) is 30.3 Å². The zero-order valence-corrected chi connectivity index (χ0v) is 9.35. The molecule has 16 heavy (non-hydrogen) atoms. The Morgan fingerprint density at radius 3 is 2.56 bits per heavy atom. The van der Waals surface area contributed by atoms with Gasteiger partial charge in [-0.05, 0) is 6.42 Å². The van der Waals surface area contributed by atoms with Gasteiger partial charge in [0, 0.05) is 5.56 Å². The number of nitrogens with two attached hydrogens (primary N) is 2. The molecule has 1 aromatic carbocycles. The summed E-state index contributed by atoms with van der Waals surface area (Å²) in [7, 11) is 0. The minimum absolute atomic E-state index is 0.556. The summed E-state index contributed by atoms with van der Waals surface area (Å²) in [6.07, 6.45) is 1.87. The highest BCUT2D eigenvalue weighted by Gasteiger charge is 2.12. The Balaban J connectivity index is 2.46. The van der Waals surface area contributed by atoms with Crippen molar-refractivity contribution in [1.82, 2.24) is 9.66 Å². The van der Waals surface area contributed by atoms with Gasteiger partial charge in [0.05, 0.1) is 5.69 Å². The van der Waals surface area contributed by atoms with E-state index < -0.39 is 0 Å². The molecule has 0 saturated carbocycles. The van der Waals surface area contributed by atoms with Crippen molar-refractivity contribution in [2.24, 2.45) is 0 Å². The number of imidazole rings is 1. The van der Waals surface area contributed by atoms with E-state index in [-0.39, 0.29) is 0 Å². The summed E-state index contributed by atoms with van der Waals surface area (Å²) < 4.78 is 1.46. The van der Waals surface area contributed by atoms with Crippen LogP contribution in [0.25, 0.3) is 11.4 Å². The fraction of sp³-hybridized carbons (Fsp3) is 0.250. The van der Waals surface area contributed by atoms with Gasteiger partial charge >= 0.3 is 0 Å². The van der Waals surface area contributed by atoms with Crippen LogP contribution < -0.4 is 11.6 Å². The maximum Gasteiger partial charge on any atom is 0.160 e. The molecule has 4 nitrogen and oxygen atoms in total. The van der Waals surface area contributed by atoms with Gasteiger partial charge in [0.25, 0.3) is 0 Å². The first-order valence-corrected chi connectivity index (χ1v) is 5.41. The lowest BCUT2D eigenvalue weighted by Crippen LogP contribution is -2.13. The zero-order valence-electron chi connectivity index (χ0n) is 9.35. The van der Waals surface area contributed by atoms with Crippen LogP contribution in [-0.2, 0) is 6.42 Å². The van der Waals surface area contributed by atoms with E-state index in [1.807, 2.05) is 30.3 Å². The molecule has 0 bridgehead atoms. The molecule has 0 saturated heterocycles. The van der Waals surface area contributed by atoms with E-state index in [4.69, 9.17) is 11.6 Å². The van der Waals surface area contributed by atoms with Crippen LogP contribution in [0.5, 0.6) is 0 Å². The van der Waals surface area contributed by atoms with Crippen molar-refractivity contribution in [1.29, 1.82) is 0 Å². The number of rotatable bonds is 3. The molecule has 84 valence electrons. The van der Waals surface area contributed by atoms with Crippen LogP contribution in [0.1, 0.15) is 19.0 Å². The zero-order chi connectivity index (χ0) is 11.5. The predicted octanol–water partition coefficient (Wildman–Crippen LogP) is 1.80. The van der Waals surface area contributed by atoms with Crippen LogP contribution in [-0.4, -0.2) is 9.66 Å². The normalized spacial score (nSPS) is 10.6. The average Bonchev–Trinajstić information content (AvgIpc) is 2.59. The molecular formula is C12H16N4. The smallest absolute Gasteiger partial charge is 0.160 e. The average molecular weight is 216 g/mol. The van der Waals surface area contributed by atoms with E-state index in [0.29, 0.717) is 5.82 Å². The first-order valence-electron chi connectivity index (χ1n) is 5.41. The molecule has 0 aliphatic rings. The molecule has 4 N–H and O–H groups in total. The SMILES string of the molecule is CCCc1nc(-c2ccccc2)n(N)c1N. The van der Waals surface area contributed by atoms with Crippen LogP contribution in [0.3, 0.4) is 0 Å². The lowest BCUT2D eigenvalue weighted by atomic mass is 10.2. The number of hydrogen-bond donors (Lipinski definition) is 2. The van der Waals surface area contributed by atoms with Crippen molar-refractivity contribution >= 4 is 5.82 Å². The predicted molar refractivity (Wildman–Crippen MR) is 66.2 cm³/mol. The van der Waals surface area contributed by atoms with Gasteiger partial charge in [-0.15, -0.1) is 0 Å². The number of aromatic nitrogens is 2. The summed E-state index contributed by atoms with van der Waals surface area (Å²) in [5.41, 5.74) is 7.77. The minimum atomic E-state index is 0.556. The second-order valence-corrected chi connectivity index (χ2v) is 3.75. The summed E-state index contributed by atoms with van der Waals surface area (Å²) in [5, 5.41) is 0. The van der Waals surface area contributed by atoms with E-state index in [2.05, 4.69) is 11.9 Å². The molecule has 2 rings (SSSR count). The molecule has 0 aliphatic carbocycles. The quantitative estimate of drug-likeness (QED) is 0.768. The van der Waals surface area contributed by atoms with Gasteiger partial charge in [-0.3, -0.25) is 0 Å². The molecule has 0 unspecified atom stereocenters. The third kappa shape index (κ3) is 1.74. The highest BCUT2D eigenvalue weighted by Crippen LogP contribution is 2.22. The molecule has 0 amide bonds. The van der Waals surface area contributed by atoms with Crippen molar-refractivity contribution in [3.63, 3.8) is 0 Å². The Bertz CT molecular complexity index is 473. The van der Waals surface area contributed by atoms with Crippen molar-refractivity contribution in [2.75, 3.05) is 11.6 Å². The van der Waals surface area contributed by atoms with Crippen molar-refractivity contribution in [3.8, 4) is 11.4 Å². The number of nitrogens with zero attached hydrogens (tertiary/aromatic N) is 2. The second-order valence-electron chi connectivity index (χ2n) is 3.75. The van der Waals surface area contributed by atoms with Gasteiger partial charge < -0.3 is 11.6 Å². The molecule has 4 heteroatoms. The summed E-state index contributed by atoms with van der Waals surface area (Å²) in [5.74, 6) is 7.17. The van der Waals surface area contributed by atoms with Gasteiger partial charge in [-0.2, -0.15) is 0 Å². The number of hydrogen-bond acceptors (Lipinski definition) is 3. The lowest BCUT2D eigenvalue weighted by Gasteiger charge is -2.01. The number of benzene rings is 1. The van der Waals surface area contributed by atoms with Gasteiger partial charge in [0.1, 0.15) is 5.82 Å². The maximum absolute atomic E-state index is 5.90. The highest BCUT2D eigenvalue weighted by molar-refractivity contribution is 5.60. The largest absolute Gasteiger partial charge is 0.382 e. The van der Waals surface area contributed by atoms with Gasteiger partial charge in [0.2, 0.25) is 0 Å². The van der Waals surface area contributed by atoms with Crippen molar-refractivity contribution in [3.05, 3.63) is 36.0 Å². The molecule has 0 aliphatic heterocycles. The highest BCUT2D eigenvalue weighted by atomic mass is 15.4. The number of anilines is 1. The van der Waals surface area contributed by atoms with E-state index in [1.165, 1.54) is 4.68 Å². The van der Waals surface area contributed by atoms with Gasteiger partial charge in [0.15, 0.2) is 5.82 Å². The monoisotopic (exact) mass is 216 g/mol. The summed E-state index contributed by atoms with van der Waals surface area (Å²) in [6.45, 7) is 2.09. The van der Waals surface area contributed by atoms with Gasteiger partial charge in [-0.25, -0.2) is 9.66 Å². The topological polar surface area (TPSA) is 69.9 Å². The number of nitrogen functional groups attached to an aromatic ring is 2. The van der Waals surface area contributed by atoms with Crippen LogP contribution in [0.4, 0.5) is 5.82 Å². The van der Waals surface area contributed by atoms with E-state index in [9.17, 15) is 0 Å². The first-order chi connectivity index (χ1) is 7.74. The standard InChI is InChI=1S/C12H16N4/c1-2-6-10-11(13)16(14)12(15-10)9-7-4-3-5-8-9/h3-5,7-8H,2,6,13-14H2,1H3. The Morgan fingerprint density at radius 1 is 1.25 bits per heavy atom. The second kappa shape index (κ2) is 4.26. The third-order valence-electron chi connectivity index (χ3n) is 2.54. The number of aryl methyl sites for hydroxylation is 1. The fourth-order valence-electron chi connectivity index (χ4n) is 1.70. The van der Waals surface area contributed by atoms with Gasteiger partial charge in [-0.1, -0.05) is 43.7 Å². The van der Waals surface area contributed by atoms with Crippen LogP contribution in [0, 0.1) is 0 Å². The van der Waals surface area contributed by atoms with E-state index in [1.54, 1.807) is 0 Å². The molecule has 0 spiro atoms. The van der Waals surface area contributed by atoms with E-state index in [0.717, 1.165) is 29.9 Å². The Labute approximate surface area is 94.9 Å². The van der Waals surface area contributed by atoms with Crippen molar-refractivity contribution < 1.29 is 0 Å². The molecular weight excluding hydrogens is 200 g/mol. The van der Waals surface area contributed by atoms with E-state index >= 15 is 0 Å². The third-order valence-corrected chi connectivity index (χ3v) is 2.54. The Kier molecular flexibility index (Phi) is 2.81. The molecule has 2 aromatic rings. The van der Waals surface area contributed by atoms with Crippen LogP contribution in [0.2, 0.25) is 0 Å². The van der Waals surface area contributed by atoms with Crippen LogP contribution >= 0.6 is 0 Å². The molecule has 1 aromatic heterocycles. The Hall–Kier alpha value is -1.97. The lowest BCUT2D eigenvalue weighted by molar-refractivity contribution is 0.895. The Morgan fingerprint density at radius 2 is 1.94 bits per heavy atom. The first kappa shape index (κ1) is 10.5. The molecule has 0 radical (unpaired) electrons. The summed E-state index contributed by atoms with van der Waals surface area (Å²) in [4.78, 5) is 4.48. The molecule has 0 fully saturated rings. The molecule has 0 atom stereocenters. The molecule has 1 heterocycles.